The van der Waals surface area contributed by atoms with Crippen molar-refractivity contribution in [2.75, 3.05) is 12.4 Å². The number of benzene rings is 1. The van der Waals surface area contributed by atoms with Crippen LogP contribution in [0.15, 0.2) is 30.5 Å². The van der Waals surface area contributed by atoms with Crippen LogP contribution in [-0.2, 0) is 4.74 Å². The molecule has 1 heterocycles. The van der Waals surface area contributed by atoms with E-state index in [1.165, 1.54) is 36.8 Å². The van der Waals surface area contributed by atoms with Crippen molar-refractivity contribution in [2.24, 2.45) is 0 Å². The Morgan fingerprint density at radius 1 is 1.41 bits per heavy atom. The minimum Gasteiger partial charge on any atom is -0.465 e. The number of methoxy groups -OCH3 is 1. The number of hydrogen-bond acceptors (Lipinski definition) is 5. The summed E-state index contributed by atoms with van der Waals surface area (Å²) in [6.45, 7) is 0. The van der Waals surface area contributed by atoms with Gasteiger partial charge >= 0.3 is 5.97 Å². The molecule has 2 aromatic rings. The summed E-state index contributed by atoms with van der Waals surface area (Å²) in [7, 11) is 1.31. The largest absolute Gasteiger partial charge is 0.465 e. The molecule has 0 fully saturated rings. The second kappa shape index (κ2) is 4.92. The SMILES string of the molecule is COC(=O)c1cnc(Nc2ccc(F)cc2)s1. The number of aromatic nitrogens is 1. The van der Waals surface area contributed by atoms with Gasteiger partial charge in [0.25, 0.3) is 0 Å². The van der Waals surface area contributed by atoms with Gasteiger partial charge in [0, 0.05) is 5.69 Å². The van der Waals surface area contributed by atoms with Gasteiger partial charge in [0.05, 0.1) is 13.3 Å². The lowest BCUT2D eigenvalue weighted by Crippen LogP contribution is -1.96. The van der Waals surface area contributed by atoms with Gasteiger partial charge in [-0.3, -0.25) is 0 Å². The van der Waals surface area contributed by atoms with Crippen LogP contribution in [0.5, 0.6) is 0 Å². The summed E-state index contributed by atoms with van der Waals surface area (Å²) < 4.78 is 17.2. The highest BCUT2D eigenvalue weighted by atomic mass is 32.1. The number of thiazole rings is 1. The second-order valence-corrected chi connectivity index (χ2v) is 4.18. The fraction of sp³-hybridized carbons (Fsp3) is 0.0909. The first-order valence-electron chi connectivity index (χ1n) is 4.76. The van der Waals surface area contributed by atoms with Crippen LogP contribution in [0, 0.1) is 5.82 Å². The smallest absolute Gasteiger partial charge is 0.349 e. The van der Waals surface area contributed by atoms with Crippen LogP contribution in [-0.4, -0.2) is 18.1 Å². The average Bonchev–Trinajstić information content (AvgIpc) is 2.80. The Labute approximate surface area is 101 Å². The van der Waals surface area contributed by atoms with E-state index in [4.69, 9.17) is 0 Å². The molecule has 0 atom stereocenters. The Bertz CT molecular complexity index is 525. The van der Waals surface area contributed by atoms with E-state index in [0.717, 1.165) is 0 Å². The molecular weight excluding hydrogens is 243 g/mol. The van der Waals surface area contributed by atoms with E-state index in [2.05, 4.69) is 15.0 Å². The van der Waals surface area contributed by atoms with E-state index in [9.17, 15) is 9.18 Å². The quantitative estimate of drug-likeness (QED) is 0.853. The van der Waals surface area contributed by atoms with Crippen molar-refractivity contribution in [3.8, 4) is 0 Å². The monoisotopic (exact) mass is 252 g/mol. The fourth-order valence-corrected chi connectivity index (χ4v) is 1.94. The van der Waals surface area contributed by atoms with Crippen molar-refractivity contribution >= 4 is 28.1 Å². The maximum atomic E-state index is 12.7. The van der Waals surface area contributed by atoms with Crippen LogP contribution in [0.2, 0.25) is 0 Å². The van der Waals surface area contributed by atoms with E-state index in [1.54, 1.807) is 12.1 Å². The highest BCUT2D eigenvalue weighted by molar-refractivity contribution is 7.17. The molecular formula is C11H9FN2O2S. The van der Waals surface area contributed by atoms with Crippen molar-refractivity contribution in [1.29, 1.82) is 0 Å². The minimum atomic E-state index is -0.422. The number of carbonyl (C=O) groups excluding carboxylic acids is 1. The summed E-state index contributed by atoms with van der Waals surface area (Å²) in [6.07, 6.45) is 1.43. The van der Waals surface area contributed by atoms with Crippen molar-refractivity contribution in [3.05, 3.63) is 41.2 Å². The van der Waals surface area contributed by atoms with Crippen LogP contribution in [0.25, 0.3) is 0 Å². The van der Waals surface area contributed by atoms with Gasteiger partial charge in [-0.25, -0.2) is 14.2 Å². The summed E-state index contributed by atoms with van der Waals surface area (Å²) in [5.74, 6) is -0.723. The molecule has 2 rings (SSSR count). The van der Waals surface area contributed by atoms with Gasteiger partial charge in [0.1, 0.15) is 10.7 Å². The molecule has 1 aromatic carbocycles. The molecule has 6 heteroatoms. The molecule has 4 nitrogen and oxygen atoms in total. The van der Waals surface area contributed by atoms with Gasteiger partial charge in [-0.1, -0.05) is 11.3 Å². The zero-order valence-corrected chi connectivity index (χ0v) is 9.75. The van der Waals surface area contributed by atoms with Gasteiger partial charge in [0.15, 0.2) is 5.13 Å². The van der Waals surface area contributed by atoms with E-state index in [-0.39, 0.29) is 5.82 Å². The number of carbonyl (C=O) groups is 1. The van der Waals surface area contributed by atoms with E-state index in [1.807, 2.05) is 0 Å². The number of hydrogen-bond donors (Lipinski definition) is 1. The molecule has 0 aliphatic heterocycles. The Morgan fingerprint density at radius 3 is 2.76 bits per heavy atom. The summed E-state index contributed by atoms with van der Waals surface area (Å²) in [5.41, 5.74) is 0.706. The Morgan fingerprint density at radius 2 is 2.12 bits per heavy atom. The lowest BCUT2D eigenvalue weighted by atomic mass is 10.3. The molecule has 0 radical (unpaired) electrons. The van der Waals surface area contributed by atoms with Gasteiger partial charge in [0.2, 0.25) is 0 Å². The van der Waals surface area contributed by atoms with Crippen molar-refractivity contribution in [3.63, 3.8) is 0 Å². The maximum absolute atomic E-state index is 12.7. The highest BCUT2D eigenvalue weighted by Crippen LogP contribution is 2.23. The number of ether oxygens (including phenoxy) is 1. The van der Waals surface area contributed by atoms with Crippen LogP contribution in [0.4, 0.5) is 15.2 Å². The van der Waals surface area contributed by atoms with E-state index in [0.29, 0.717) is 15.7 Å². The number of nitrogens with zero attached hydrogens (tertiary/aromatic N) is 1. The van der Waals surface area contributed by atoms with E-state index < -0.39 is 5.97 Å². The molecule has 0 aliphatic rings. The third-order valence-electron chi connectivity index (χ3n) is 1.99. The number of halogens is 1. The van der Waals surface area contributed by atoms with Crippen LogP contribution in [0.3, 0.4) is 0 Å². The first kappa shape index (κ1) is 11.5. The molecule has 0 saturated carbocycles. The molecule has 0 spiro atoms. The zero-order chi connectivity index (χ0) is 12.3. The second-order valence-electron chi connectivity index (χ2n) is 3.15. The van der Waals surface area contributed by atoms with Crippen LogP contribution < -0.4 is 5.32 Å². The molecule has 0 unspecified atom stereocenters. The van der Waals surface area contributed by atoms with Crippen LogP contribution in [0.1, 0.15) is 9.67 Å². The van der Waals surface area contributed by atoms with E-state index >= 15 is 0 Å². The van der Waals surface area contributed by atoms with Gasteiger partial charge in [-0.05, 0) is 24.3 Å². The predicted octanol–water partition coefficient (Wildman–Crippen LogP) is 2.81. The maximum Gasteiger partial charge on any atom is 0.349 e. The summed E-state index contributed by atoms with van der Waals surface area (Å²) in [4.78, 5) is 15.6. The summed E-state index contributed by atoms with van der Waals surface area (Å²) in [5, 5.41) is 3.52. The first-order chi connectivity index (χ1) is 8.19. The number of rotatable bonds is 3. The lowest BCUT2D eigenvalue weighted by molar-refractivity contribution is 0.0606. The first-order valence-corrected chi connectivity index (χ1v) is 5.57. The van der Waals surface area contributed by atoms with Crippen molar-refractivity contribution in [2.45, 2.75) is 0 Å². The molecule has 88 valence electrons. The number of anilines is 2. The molecule has 0 aliphatic carbocycles. The van der Waals surface area contributed by atoms with Gasteiger partial charge in [-0.2, -0.15) is 0 Å². The summed E-state index contributed by atoms with van der Waals surface area (Å²) in [6, 6.07) is 5.87. The Hall–Kier alpha value is -1.95. The minimum absolute atomic E-state index is 0.301. The third kappa shape index (κ3) is 2.79. The van der Waals surface area contributed by atoms with Gasteiger partial charge < -0.3 is 10.1 Å². The summed E-state index contributed by atoms with van der Waals surface area (Å²) >= 11 is 1.17. The Balaban J connectivity index is 2.11. The average molecular weight is 252 g/mol. The fourth-order valence-electron chi connectivity index (χ4n) is 1.18. The van der Waals surface area contributed by atoms with Crippen LogP contribution >= 0.6 is 11.3 Å². The molecule has 1 N–H and O–H groups in total. The normalized spacial score (nSPS) is 10.0. The Kier molecular flexibility index (Phi) is 3.34. The molecule has 0 bridgehead atoms. The predicted molar refractivity (Wildman–Crippen MR) is 63.1 cm³/mol. The molecule has 17 heavy (non-hydrogen) atoms. The molecule has 0 saturated heterocycles. The third-order valence-corrected chi connectivity index (χ3v) is 2.88. The van der Waals surface area contributed by atoms with Crippen molar-refractivity contribution in [1.82, 2.24) is 4.98 Å². The molecule has 0 amide bonds. The number of nitrogens with one attached hydrogen (secondary N) is 1. The van der Waals surface area contributed by atoms with Crippen molar-refractivity contribution < 1.29 is 13.9 Å². The number of esters is 1. The topological polar surface area (TPSA) is 51.2 Å². The zero-order valence-electron chi connectivity index (χ0n) is 8.94. The lowest BCUT2D eigenvalue weighted by Gasteiger charge is -2.00. The standard InChI is InChI=1S/C11H9FN2O2S/c1-16-10(15)9-6-13-11(17-9)14-8-4-2-7(12)3-5-8/h2-6H,1H3,(H,13,14). The molecule has 1 aromatic heterocycles. The highest BCUT2D eigenvalue weighted by Gasteiger charge is 2.10. The van der Waals surface area contributed by atoms with Gasteiger partial charge in [-0.15, -0.1) is 0 Å².